The quantitative estimate of drug-likeness (QED) is 0.480. The summed E-state index contributed by atoms with van der Waals surface area (Å²) in [5.74, 6) is 1.36. The molecule has 0 amide bonds. The second-order valence-corrected chi connectivity index (χ2v) is 4.93. The molecule has 2 atom stereocenters. The zero-order valence-corrected chi connectivity index (χ0v) is 10.4. The topological polar surface area (TPSA) is 38.3 Å². The normalized spacial score (nSPS) is 15.4. The SMILES string of the molecule is CCC(C)CCCCNOS(=O)CC. The fourth-order valence-electron chi connectivity index (χ4n) is 1.06. The third-order valence-electron chi connectivity index (χ3n) is 2.31. The molecule has 0 fully saturated rings. The van der Waals surface area contributed by atoms with E-state index >= 15 is 0 Å². The lowest BCUT2D eigenvalue weighted by atomic mass is 10.0. The summed E-state index contributed by atoms with van der Waals surface area (Å²) in [6, 6.07) is 0. The molecule has 2 unspecified atom stereocenters. The maximum absolute atomic E-state index is 10.8. The highest BCUT2D eigenvalue weighted by molar-refractivity contribution is 7.80. The van der Waals surface area contributed by atoms with Crippen molar-refractivity contribution >= 4 is 11.1 Å². The molecule has 86 valence electrons. The maximum Gasteiger partial charge on any atom is 0.172 e. The van der Waals surface area contributed by atoms with Crippen molar-refractivity contribution in [1.29, 1.82) is 0 Å². The van der Waals surface area contributed by atoms with Crippen LogP contribution in [0.3, 0.4) is 0 Å². The highest BCUT2D eigenvalue weighted by Gasteiger charge is 1.98. The molecule has 0 aromatic heterocycles. The van der Waals surface area contributed by atoms with Crippen LogP contribution < -0.4 is 5.48 Å². The number of hydrogen-bond donors (Lipinski definition) is 1. The summed E-state index contributed by atoms with van der Waals surface area (Å²) in [5.41, 5.74) is 2.73. The molecule has 0 bridgehead atoms. The number of rotatable bonds is 9. The Morgan fingerprint density at radius 3 is 2.64 bits per heavy atom. The molecule has 0 spiro atoms. The molecule has 0 aliphatic carbocycles. The summed E-state index contributed by atoms with van der Waals surface area (Å²) in [5, 5.41) is 0. The van der Waals surface area contributed by atoms with Crippen LogP contribution in [-0.4, -0.2) is 16.5 Å². The van der Waals surface area contributed by atoms with Crippen LogP contribution in [0.5, 0.6) is 0 Å². The Morgan fingerprint density at radius 2 is 2.07 bits per heavy atom. The lowest BCUT2D eigenvalue weighted by Crippen LogP contribution is -2.18. The molecule has 4 heteroatoms. The second-order valence-electron chi connectivity index (χ2n) is 3.58. The molecule has 0 aliphatic heterocycles. The van der Waals surface area contributed by atoms with E-state index in [1.165, 1.54) is 19.3 Å². The van der Waals surface area contributed by atoms with E-state index in [1.54, 1.807) is 0 Å². The van der Waals surface area contributed by atoms with E-state index < -0.39 is 11.1 Å². The van der Waals surface area contributed by atoms with Crippen LogP contribution >= 0.6 is 0 Å². The van der Waals surface area contributed by atoms with Gasteiger partial charge in [-0.25, -0.2) is 8.49 Å². The van der Waals surface area contributed by atoms with Gasteiger partial charge in [-0.2, -0.15) is 5.48 Å². The minimum Gasteiger partial charge on any atom is -0.228 e. The average molecular weight is 221 g/mol. The van der Waals surface area contributed by atoms with Crippen molar-refractivity contribution in [2.24, 2.45) is 5.92 Å². The van der Waals surface area contributed by atoms with Gasteiger partial charge in [-0.1, -0.05) is 40.0 Å². The Labute approximate surface area is 90.2 Å². The van der Waals surface area contributed by atoms with Gasteiger partial charge in [0.15, 0.2) is 11.1 Å². The molecule has 0 heterocycles. The fraction of sp³-hybridized carbons (Fsp3) is 1.00. The van der Waals surface area contributed by atoms with E-state index in [1.807, 2.05) is 6.92 Å². The summed E-state index contributed by atoms with van der Waals surface area (Å²) in [6.07, 6.45) is 4.83. The van der Waals surface area contributed by atoms with E-state index in [9.17, 15) is 4.21 Å². The zero-order chi connectivity index (χ0) is 10.8. The zero-order valence-electron chi connectivity index (χ0n) is 9.54. The van der Waals surface area contributed by atoms with Gasteiger partial charge in [0.2, 0.25) is 0 Å². The molecule has 3 nitrogen and oxygen atoms in total. The summed E-state index contributed by atoms with van der Waals surface area (Å²) >= 11 is -1.15. The molecular weight excluding hydrogens is 198 g/mol. The van der Waals surface area contributed by atoms with Crippen molar-refractivity contribution in [3.05, 3.63) is 0 Å². The predicted octanol–water partition coefficient (Wildman–Crippen LogP) is 2.41. The first-order valence-corrected chi connectivity index (χ1v) is 6.73. The van der Waals surface area contributed by atoms with Crippen LogP contribution in [-0.2, 0) is 15.4 Å². The molecule has 0 aliphatic rings. The van der Waals surface area contributed by atoms with E-state index in [0.29, 0.717) is 5.75 Å². The summed E-state index contributed by atoms with van der Waals surface area (Å²) in [4.78, 5) is 0. The maximum atomic E-state index is 10.8. The molecule has 0 radical (unpaired) electrons. The molecule has 0 aromatic carbocycles. The smallest absolute Gasteiger partial charge is 0.172 e. The van der Waals surface area contributed by atoms with Gasteiger partial charge >= 0.3 is 0 Å². The second kappa shape index (κ2) is 9.62. The van der Waals surface area contributed by atoms with Crippen LogP contribution in [0.1, 0.15) is 46.5 Å². The lowest BCUT2D eigenvalue weighted by molar-refractivity contribution is 0.218. The molecule has 14 heavy (non-hydrogen) atoms. The number of hydroxylamine groups is 1. The van der Waals surface area contributed by atoms with Gasteiger partial charge in [0.05, 0.1) is 0 Å². The highest BCUT2D eigenvalue weighted by Crippen LogP contribution is 2.10. The van der Waals surface area contributed by atoms with Crippen molar-refractivity contribution in [3.63, 3.8) is 0 Å². The van der Waals surface area contributed by atoms with Crippen molar-refractivity contribution in [2.75, 3.05) is 12.3 Å². The van der Waals surface area contributed by atoms with Crippen LogP contribution in [0.4, 0.5) is 0 Å². The first-order chi connectivity index (χ1) is 6.70. The number of nitrogens with one attached hydrogen (secondary N) is 1. The van der Waals surface area contributed by atoms with Crippen molar-refractivity contribution in [2.45, 2.75) is 46.5 Å². The molecular formula is C10H23NO2S. The molecule has 1 N–H and O–H groups in total. The first kappa shape index (κ1) is 14.1. The van der Waals surface area contributed by atoms with Crippen LogP contribution in [0, 0.1) is 5.92 Å². The van der Waals surface area contributed by atoms with Crippen LogP contribution in [0.2, 0.25) is 0 Å². The lowest BCUT2D eigenvalue weighted by Gasteiger charge is -2.07. The van der Waals surface area contributed by atoms with E-state index in [0.717, 1.165) is 18.9 Å². The minimum absolute atomic E-state index is 0.542. The summed E-state index contributed by atoms with van der Waals surface area (Å²) in [6.45, 7) is 7.12. The molecule has 0 rings (SSSR count). The minimum atomic E-state index is -1.15. The van der Waals surface area contributed by atoms with Gasteiger partial charge < -0.3 is 0 Å². The summed E-state index contributed by atoms with van der Waals surface area (Å²) in [7, 11) is 0. The molecule has 0 saturated carbocycles. The van der Waals surface area contributed by atoms with E-state index in [-0.39, 0.29) is 0 Å². The number of hydrogen-bond acceptors (Lipinski definition) is 3. The Hall–Kier alpha value is 0.0700. The van der Waals surface area contributed by atoms with Gasteiger partial charge in [-0.3, -0.25) is 0 Å². The fourth-order valence-corrected chi connectivity index (χ4v) is 1.39. The largest absolute Gasteiger partial charge is 0.228 e. The first-order valence-electron chi connectivity index (χ1n) is 5.49. The highest BCUT2D eigenvalue weighted by atomic mass is 32.2. The monoisotopic (exact) mass is 221 g/mol. The molecule has 0 saturated heterocycles. The third-order valence-corrected chi connectivity index (χ3v) is 3.09. The van der Waals surface area contributed by atoms with Gasteiger partial charge in [-0.15, -0.1) is 0 Å². The molecule has 0 aromatic rings. The van der Waals surface area contributed by atoms with Crippen molar-refractivity contribution in [3.8, 4) is 0 Å². The van der Waals surface area contributed by atoms with E-state index in [4.69, 9.17) is 4.28 Å². The van der Waals surface area contributed by atoms with Gasteiger partial charge in [0, 0.05) is 12.3 Å². The average Bonchev–Trinajstić information content (AvgIpc) is 2.22. The van der Waals surface area contributed by atoms with Gasteiger partial charge in [-0.05, 0) is 12.3 Å². The summed E-state index contributed by atoms with van der Waals surface area (Å²) < 4.78 is 15.7. The van der Waals surface area contributed by atoms with Crippen molar-refractivity contribution < 1.29 is 8.49 Å². The third kappa shape index (κ3) is 8.66. The Balaban J connectivity index is 3.10. The Kier molecular flexibility index (Phi) is 9.67. The standard InChI is InChI=1S/C10H23NO2S/c1-4-10(3)8-6-7-9-11-13-14(12)5-2/h10-11H,4-9H2,1-3H3. The van der Waals surface area contributed by atoms with Crippen molar-refractivity contribution in [1.82, 2.24) is 5.48 Å². The number of unbranched alkanes of at least 4 members (excludes halogenated alkanes) is 1. The van der Waals surface area contributed by atoms with Crippen LogP contribution in [0.15, 0.2) is 0 Å². The van der Waals surface area contributed by atoms with Gasteiger partial charge in [0.1, 0.15) is 0 Å². The predicted molar refractivity (Wildman–Crippen MR) is 61.1 cm³/mol. The van der Waals surface area contributed by atoms with Gasteiger partial charge in [0.25, 0.3) is 0 Å². The van der Waals surface area contributed by atoms with E-state index in [2.05, 4.69) is 19.3 Å². The Bertz CT molecular complexity index is 153. The Morgan fingerprint density at radius 1 is 1.36 bits per heavy atom. The van der Waals surface area contributed by atoms with Crippen LogP contribution in [0.25, 0.3) is 0 Å².